The van der Waals surface area contributed by atoms with Crippen molar-refractivity contribution in [3.63, 3.8) is 0 Å². The molecule has 0 atom stereocenters. The van der Waals surface area contributed by atoms with Gasteiger partial charge in [0.05, 0.1) is 6.21 Å². The summed E-state index contributed by atoms with van der Waals surface area (Å²) in [6.07, 6.45) is 1.26. The van der Waals surface area contributed by atoms with Crippen LogP contribution in [0.1, 0.15) is 0 Å². The topological polar surface area (TPSA) is 86.2 Å². The molecule has 0 amide bonds. The van der Waals surface area contributed by atoms with Gasteiger partial charge in [-0.3, -0.25) is 13.9 Å². The van der Waals surface area contributed by atoms with Gasteiger partial charge in [-0.25, -0.2) is 10.2 Å². The van der Waals surface area contributed by atoms with E-state index in [4.69, 9.17) is 23.2 Å². The molecule has 0 saturated carbocycles. The standard InChI is InChI=1S/C10H12Cl2N6O2/c1-16-6-7(14-9(16)15-13-4-5(11)12)17(2)10(20)18(3)8(6)19/h4-5H,1-3H3,(H,14,15)/b13-4-. The summed E-state index contributed by atoms with van der Waals surface area (Å²) in [5.41, 5.74) is 2.30. The highest BCUT2D eigenvalue weighted by molar-refractivity contribution is 6.51. The SMILES string of the molecule is Cn1c(=O)c2c(nc(N/N=C\C(Cl)Cl)n2C)n(C)c1=O. The van der Waals surface area contributed by atoms with Gasteiger partial charge in [0.25, 0.3) is 5.56 Å². The lowest BCUT2D eigenvalue weighted by atomic mass is 10.5. The van der Waals surface area contributed by atoms with E-state index in [9.17, 15) is 9.59 Å². The molecule has 0 aromatic carbocycles. The van der Waals surface area contributed by atoms with Gasteiger partial charge in [0, 0.05) is 21.1 Å². The highest BCUT2D eigenvalue weighted by Crippen LogP contribution is 2.13. The van der Waals surface area contributed by atoms with Crippen molar-refractivity contribution in [2.24, 2.45) is 26.2 Å². The number of aromatic nitrogens is 4. The van der Waals surface area contributed by atoms with Gasteiger partial charge in [-0.2, -0.15) is 10.1 Å². The number of nitrogens with one attached hydrogen (secondary N) is 1. The van der Waals surface area contributed by atoms with E-state index in [0.717, 1.165) is 4.57 Å². The van der Waals surface area contributed by atoms with Crippen LogP contribution in [0.3, 0.4) is 0 Å². The van der Waals surface area contributed by atoms with Crippen molar-refractivity contribution < 1.29 is 0 Å². The summed E-state index contributed by atoms with van der Waals surface area (Å²) in [7, 11) is 4.59. The molecular formula is C10H12Cl2N6O2. The van der Waals surface area contributed by atoms with Crippen LogP contribution in [0.4, 0.5) is 5.95 Å². The molecule has 0 saturated heterocycles. The Bertz CT molecular complexity index is 801. The summed E-state index contributed by atoms with van der Waals surface area (Å²) in [5, 5.41) is 3.78. The fourth-order valence-corrected chi connectivity index (χ4v) is 1.88. The Morgan fingerprint density at radius 3 is 2.45 bits per heavy atom. The van der Waals surface area contributed by atoms with E-state index < -0.39 is 16.1 Å². The van der Waals surface area contributed by atoms with E-state index in [1.54, 1.807) is 7.05 Å². The van der Waals surface area contributed by atoms with E-state index in [2.05, 4.69) is 15.5 Å². The third-order valence-corrected chi connectivity index (χ3v) is 3.05. The second-order valence-electron chi connectivity index (χ2n) is 4.10. The number of hydrazone groups is 1. The van der Waals surface area contributed by atoms with Crippen molar-refractivity contribution in [2.45, 2.75) is 4.84 Å². The van der Waals surface area contributed by atoms with Gasteiger partial charge < -0.3 is 4.57 Å². The number of anilines is 1. The summed E-state index contributed by atoms with van der Waals surface area (Å²) < 4.78 is 3.81. The number of imidazole rings is 1. The molecule has 0 aliphatic rings. The quantitative estimate of drug-likeness (QED) is 0.496. The average Bonchev–Trinajstić information content (AvgIpc) is 2.71. The largest absolute Gasteiger partial charge is 0.332 e. The van der Waals surface area contributed by atoms with Crippen LogP contribution in [-0.4, -0.2) is 29.7 Å². The number of rotatable bonds is 3. The molecule has 8 nitrogen and oxygen atoms in total. The van der Waals surface area contributed by atoms with Crippen molar-refractivity contribution in [3.05, 3.63) is 20.8 Å². The highest BCUT2D eigenvalue weighted by atomic mass is 35.5. The van der Waals surface area contributed by atoms with Crippen molar-refractivity contribution in [1.29, 1.82) is 0 Å². The average molecular weight is 319 g/mol. The van der Waals surface area contributed by atoms with Gasteiger partial charge in [-0.1, -0.05) is 23.2 Å². The number of nitrogens with zero attached hydrogens (tertiary/aromatic N) is 5. The third-order valence-electron chi connectivity index (χ3n) is 2.83. The van der Waals surface area contributed by atoms with Crippen LogP contribution in [0.2, 0.25) is 0 Å². The second-order valence-corrected chi connectivity index (χ2v) is 5.26. The molecule has 2 heterocycles. The van der Waals surface area contributed by atoms with Gasteiger partial charge in [0.2, 0.25) is 5.95 Å². The Morgan fingerprint density at radius 1 is 1.20 bits per heavy atom. The number of aryl methyl sites for hydroxylation is 2. The first-order valence-corrected chi connectivity index (χ1v) is 6.41. The Hall–Kier alpha value is -1.80. The van der Waals surface area contributed by atoms with Crippen molar-refractivity contribution in [3.8, 4) is 0 Å². The molecule has 2 aromatic heterocycles. The third kappa shape index (κ3) is 2.32. The molecule has 0 fully saturated rings. The van der Waals surface area contributed by atoms with Crippen LogP contribution >= 0.6 is 23.2 Å². The summed E-state index contributed by atoms with van der Waals surface area (Å²) in [6.45, 7) is 0. The molecule has 0 bridgehead atoms. The monoisotopic (exact) mass is 318 g/mol. The van der Waals surface area contributed by atoms with Gasteiger partial charge in [-0.05, 0) is 0 Å². The van der Waals surface area contributed by atoms with Crippen LogP contribution in [0, 0.1) is 0 Å². The van der Waals surface area contributed by atoms with E-state index in [-0.39, 0.29) is 5.65 Å². The molecular weight excluding hydrogens is 307 g/mol. The molecule has 108 valence electrons. The number of hydrogen-bond acceptors (Lipinski definition) is 5. The minimum absolute atomic E-state index is 0.270. The first-order chi connectivity index (χ1) is 9.34. The Labute approximate surface area is 123 Å². The number of hydrogen-bond donors (Lipinski definition) is 1. The molecule has 0 spiro atoms. The predicted molar refractivity (Wildman–Crippen MR) is 78.8 cm³/mol. The van der Waals surface area contributed by atoms with Crippen LogP contribution in [0.5, 0.6) is 0 Å². The normalized spacial score (nSPS) is 11.9. The molecule has 1 N–H and O–H groups in total. The summed E-state index contributed by atoms with van der Waals surface area (Å²) in [5.74, 6) is 0.295. The van der Waals surface area contributed by atoms with E-state index >= 15 is 0 Å². The molecule has 2 aromatic rings. The first kappa shape index (κ1) is 14.6. The van der Waals surface area contributed by atoms with Crippen molar-refractivity contribution in [1.82, 2.24) is 18.7 Å². The van der Waals surface area contributed by atoms with Gasteiger partial charge in [-0.15, -0.1) is 0 Å². The summed E-state index contributed by atoms with van der Waals surface area (Å²) in [6, 6.07) is 0. The summed E-state index contributed by atoms with van der Waals surface area (Å²) in [4.78, 5) is 27.3. The molecule has 0 aliphatic heterocycles. The number of alkyl halides is 2. The van der Waals surface area contributed by atoms with Crippen LogP contribution < -0.4 is 16.7 Å². The summed E-state index contributed by atoms with van der Waals surface area (Å²) >= 11 is 11.0. The molecule has 0 aliphatic carbocycles. The lowest BCUT2D eigenvalue weighted by Gasteiger charge is -2.03. The zero-order valence-electron chi connectivity index (χ0n) is 11.0. The van der Waals surface area contributed by atoms with Gasteiger partial charge in [0.1, 0.15) is 4.84 Å². The van der Waals surface area contributed by atoms with E-state index in [1.807, 2.05) is 0 Å². The maximum atomic E-state index is 12.1. The smallest absolute Gasteiger partial charge is 0.306 e. The van der Waals surface area contributed by atoms with Crippen molar-refractivity contribution in [2.75, 3.05) is 5.43 Å². The molecule has 2 rings (SSSR count). The molecule has 0 unspecified atom stereocenters. The van der Waals surface area contributed by atoms with E-state index in [0.29, 0.717) is 11.5 Å². The lowest BCUT2D eigenvalue weighted by Crippen LogP contribution is -2.37. The lowest BCUT2D eigenvalue weighted by molar-refractivity contribution is 0.705. The van der Waals surface area contributed by atoms with Gasteiger partial charge >= 0.3 is 5.69 Å². The van der Waals surface area contributed by atoms with E-state index in [1.165, 1.54) is 29.4 Å². The molecule has 0 radical (unpaired) electrons. The Kier molecular flexibility index (Phi) is 3.87. The number of halogens is 2. The Morgan fingerprint density at radius 2 is 1.85 bits per heavy atom. The number of fused-ring (bicyclic) bond motifs is 1. The van der Waals surface area contributed by atoms with Crippen molar-refractivity contribution >= 4 is 46.5 Å². The molecule has 20 heavy (non-hydrogen) atoms. The Balaban J connectivity index is 2.65. The van der Waals surface area contributed by atoms with Crippen LogP contribution in [0.15, 0.2) is 14.7 Å². The minimum atomic E-state index is -0.755. The van der Waals surface area contributed by atoms with Crippen LogP contribution in [-0.2, 0) is 21.1 Å². The highest BCUT2D eigenvalue weighted by Gasteiger charge is 2.16. The predicted octanol–water partition coefficient (Wildman–Crippen LogP) is 0.172. The second kappa shape index (κ2) is 5.29. The zero-order valence-corrected chi connectivity index (χ0v) is 12.5. The maximum absolute atomic E-state index is 12.1. The fraction of sp³-hybridized carbons (Fsp3) is 0.400. The minimum Gasteiger partial charge on any atom is -0.306 e. The van der Waals surface area contributed by atoms with Crippen LogP contribution in [0.25, 0.3) is 11.2 Å². The fourth-order valence-electron chi connectivity index (χ4n) is 1.77. The van der Waals surface area contributed by atoms with Gasteiger partial charge in [0.15, 0.2) is 11.2 Å². The maximum Gasteiger partial charge on any atom is 0.332 e. The first-order valence-electron chi connectivity index (χ1n) is 5.54. The zero-order chi connectivity index (χ0) is 15.0. The molecule has 10 heteroatoms.